The lowest BCUT2D eigenvalue weighted by Crippen LogP contribution is -2.06. The molecular formula is C9H12N2O. The Balaban J connectivity index is 2.66. The van der Waals surface area contributed by atoms with Crippen molar-refractivity contribution in [3.05, 3.63) is 30.5 Å². The maximum atomic E-state index is 8.54. The smallest absolute Gasteiger partial charge is 0.126 e. The fourth-order valence-corrected chi connectivity index (χ4v) is 0.848. The van der Waals surface area contributed by atoms with Gasteiger partial charge in [0, 0.05) is 6.54 Å². The van der Waals surface area contributed by atoms with Crippen LogP contribution < -0.4 is 5.32 Å². The highest BCUT2D eigenvalue weighted by atomic mass is 16.3. The molecule has 12 heavy (non-hydrogen) atoms. The van der Waals surface area contributed by atoms with Crippen LogP contribution in [0.3, 0.4) is 0 Å². The summed E-state index contributed by atoms with van der Waals surface area (Å²) in [7, 11) is 0. The Labute approximate surface area is 71.8 Å². The highest BCUT2D eigenvalue weighted by Gasteiger charge is 1.91. The Bertz CT molecular complexity index is 260. The van der Waals surface area contributed by atoms with Gasteiger partial charge < -0.3 is 10.4 Å². The number of hydrogen-bond donors (Lipinski definition) is 2. The molecule has 0 bridgehead atoms. The molecule has 3 nitrogen and oxygen atoms in total. The largest absolute Gasteiger partial charge is 0.395 e. The fourth-order valence-electron chi connectivity index (χ4n) is 0.848. The average molecular weight is 164 g/mol. The molecule has 1 aromatic rings. The van der Waals surface area contributed by atoms with E-state index < -0.39 is 0 Å². The van der Waals surface area contributed by atoms with E-state index in [2.05, 4.69) is 16.9 Å². The van der Waals surface area contributed by atoms with Crippen LogP contribution in [0.15, 0.2) is 24.8 Å². The van der Waals surface area contributed by atoms with Gasteiger partial charge in [-0.05, 0) is 18.2 Å². The monoisotopic (exact) mass is 164 g/mol. The Kier molecular flexibility index (Phi) is 3.29. The number of hydrogen-bond acceptors (Lipinski definition) is 3. The normalized spacial score (nSPS) is 9.42. The number of nitrogens with zero attached hydrogens (tertiary/aromatic N) is 1. The molecule has 64 valence electrons. The van der Waals surface area contributed by atoms with Gasteiger partial charge >= 0.3 is 0 Å². The molecule has 0 atom stereocenters. The molecule has 0 unspecified atom stereocenters. The lowest BCUT2D eigenvalue weighted by Gasteiger charge is -2.02. The summed E-state index contributed by atoms with van der Waals surface area (Å²) >= 11 is 0. The average Bonchev–Trinajstić information content (AvgIpc) is 2.15. The summed E-state index contributed by atoms with van der Waals surface area (Å²) in [5.74, 6) is 0.765. The van der Waals surface area contributed by atoms with Crippen LogP contribution in [-0.2, 0) is 0 Å². The molecule has 0 radical (unpaired) electrons. The van der Waals surface area contributed by atoms with Gasteiger partial charge in [-0.15, -0.1) is 0 Å². The third-order valence-corrected chi connectivity index (χ3v) is 1.40. The van der Waals surface area contributed by atoms with E-state index in [-0.39, 0.29) is 6.61 Å². The predicted octanol–water partition coefficient (Wildman–Crippen LogP) is 1.13. The summed E-state index contributed by atoms with van der Waals surface area (Å²) < 4.78 is 0. The summed E-state index contributed by atoms with van der Waals surface area (Å²) in [6, 6.07) is 5.61. The Hall–Kier alpha value is -1.35. The van der Waals surface area contributed by atoms with Crippen LogP contribution in [0.1, 0.15) is 5.69 Å². The van der Waals surface area contributed by atoms with Crippen molar-refractivity contribution in [2.75, 3.05) is 18.5 Å². The molecule has 3 heteroatoms. The minimum atomic E-state index is 0.111. The van der Waals surface area contributed by atoms with E-state index in [1.807, 2.05) is 18.2 Å². The van der Waals surface area contributed by atoms with Crippen LogP contribution in [0.5, 0.6) is 0 Å². The van der Waals surface area contributed by atoms with Gasteiger partial charge in [0.1, 0.15) is 5.82 Å². The van der Waals surface area contributed by atoms with Gasteiger partial charge in [0.25, 0.3) is 0 Å². The van der Waals surface area contributed by atoms with Crippen molar-refractivity contribution in [1.82, 2.24) is 4.98 Å². The van der Waals surface area contributed by atoms with E-state index in [1.54, 1.807) is 6.08 Å². The molecule has 0 aliphatic carbocycles. The Morgan fingerprint density at radius 2 is 2.42 bits per heavy atom. The number of aliphatic hydroxyl groups excluding tert-OH is 1. The third-order valence-electron chi connectivity index (χ3n) is 1.40. The van der Waals surface area contributed by atoms with Crippen LogP contribution >= 0.6 is 0 Å². The lowest BCUT2D eigenvalue weighted by molar-refractivity contribution is 0.311. The van der Waals surface area contributed by atoms with E-state index >= 15 is 0 Å². The van der Waals surface area contributed by atoms with E-state index in [0.717, 1.165) is 11.5 Å². The lowest BCUT2D eigenvalue weighted by atomic mass is 10.3. The van der Waals surface area contributed by atoms with Gasteiger partial charge in [-0.2, -0.15) is 0 Å². The topological polar surface area (TPSA) is 45.1 Å². The van der Waals surface area contributed by atoms with Gasteiger partial charge in [-0.1, -0.05) is 12.6 Å². The number of nitrogens with one attached hydrogen (secondary N) is 1. The second-order valence-corrected chi connectivity index (χ2v) is 2.30. The second-order valence-electron chi connectivity index (χ2n) is 2.30. The number of anilines is 1. The van der Waals surface area contributed by atoms with Crippen LogP contribution in [0.4, 0.5) is 5.82 Å². The molecule has 0 aliphatic rings. The minimum Gasteiger partial charge on any atom is -0.395 e. The van der Waals surface area contributed by atoms with Crippen molar-refractivity contribution in [2.24, 2.45) is 0 Å². The van der Waals surface area contributed by atoms with Crippen molar-refractivity contribution in [2.45, 2.75) is 0 Å². The minimum absolute atomic E-state index is 0.111. The zero-order chi connectivity index (χ0) is 8.81. The van der Waals surface area contributed by atoms with Crippen molar-refractivity contribution >= 4 is 11.9 Å². The number of aliphatic hydroxyl groups is 1. The SMILES string of the molecule is C=Cc1cccc(NCCO)n1. The summed E-state index contributed by atoms with van der Waals surface area (Å²) in [6.45, 7) is 4.25. The highest BCUT2D eigenvalue weighted by molar-refractivity contribution is 5.46. The summed E-state index contributed by atoms with van der Waals surface area (Å²) in [5, 5.41) is 11.5. The molecular weight excluding hydrogens is 152 g/mol. The third kappa shape index (κ3) is 2.36. The van der Waals surface area contributed by atoms with Crippen molar-refractivity contribution in [3.8, 4) is 0 Å². The summed E-state index contributed by atoms with van der Waals surface area (Å²) in [6.07, 6.45) is 1.68. The first-order valence-electron chi connectivity index (χ1n) is 3.81. The molecule has 0 saturated heterocycles. The van der Waals surface area contributed by atoms with Crippen LogP contribution in [0.2, 0.25) is 0 Å². The maximum Gasteiger partial charge on any atom is 0.126 e. The van der Waals surface area contributed by atoms with Crippen molar-refractivity contribution in [3.63, 3.8) is 0 Å². The van der Waals surface area contributed by atoms with Crippen LogP contribution in [0, 0.1) is 0 Å². The fraction of sp³-hybridized carbons (Fsp3) is 0.222. The standard InChI is InChI=1S/C9H12N2O/c1-2-8-4-3-5-9(11-8)10-6-7-12/h2-5,12H,1,6-7H2,(H,10,11). The summed E-state index contributed by atoms with van der Waals surface area (Å²) in [4.78, 5) is 4.19. The zero-order valence-electron chi connectivity index (χ0n) is 6.83. The Morgan fingerprint density at radius 1 is 1.58 bits per heavy atom. The van der Waals surface area contributed by atoms with Gasteiger partial charge in [0.2, 0.25) is 0 Å². The molecule has 2 N–H and O–H groups in total. The molecule has 1 rings (SSSR count). The number of aromatic nitrogens is 1. The van der Waals surface area contributed by atoms with Gasteiger partial charge in [0.05, 0.1) is 12.3 Å². The number of pyridine rings is 1. The van der Waals surface area contributed by atoms with E-state index in [1.165, 1.54) is 0 Å². The first kappa shape index (κ1) is 8.74. The quantitative estimate of drug-likeness (QED) is 0.701. The first-order valence-corrected chi connectivity index (χ1v) is 3.81. The van der Waals surface area contributed by atoms with Gasteiger partial charge in [-0.25, -0.2) is 4.98 Å². The van der Waals surface area contributed by atoms with E-state index in [0.29, 0.717) is 6.54 Å². The highest BCUT2D eigenvalue weighted by Crippen LogP contribution is 2.04. The van der Waals surface area contributed by atoms with E-state index in [4.69, 9.17) is 5.11 Å². The molecule has 1 heterocycles. The summed E-state index contributed by atoms with van der Waals surface area (Å²) in [5.41, 5.74) is 0.831. The number of rotatable bonds is 4. The van der Waals surface area contributed by atoms with Gasteiger partial charge in [0.15, 0.2) is 0 Å². The van der Waals surface area contributed by atoms with Crippen molar-refractivity contribution in [1.29, 1.82) is 0 Å². The predicted molar refractivity (Wildman–Crippen MR) is 49.9 cm³/mol. The first-order chi connectivity index (χ1) is 5.86. The van der Waals surface area contributed by atoms with Gasteiger partial charge in [-0.3, -0.25) is 0 Å². The molecule has 0 saturated carbocycles. The molecule has 0 aliphatic heterocycles. The van der Waals surface area contributed by atoms with Crippen LogP contribution in [0.25, 0.3) is 6.08 Å². The van der Waals surface area contributed by atoms with E-state index in [9.17, 15) is 0 Å². The maximum absolute atomic E-state index is 8.54. The molecule has 0 fully saturated rings. The molecule has 0 amide bonds. The zero-order valence-corrected chi connectivity index (χ0v) is 6.83. The molecule has 1 aromatic heterocycles. The Morgan fingerprint density at radius 3 is 3.08 bits per heavy atom. The molecule has 0 spiro atoms. The van der Waals surface area contributed by atoms with Crippen molar-refractivity contribution < 1.29 is 5.11 Å². The molecule has 0 aromatic carbocycles. The van der Waals surface area contributed by atoms with Crippen LogP contribution in [-0.4, -0.2) is 23.2 Å². The second kappa shape index (κ2) is 4.51.